The van der Waals surface area contributed by atoms with Gasteiger partial charge in [-0.1, -0.05) is 30.3 Å². The van der Waals surface area contributed by atoms with E-state index in [1.165, 1.54) is 0 Å². The first-order chi connectivity index (χ1) is 8.21. The molecule has 1 aliphatic rings. The van der Waals surface area contributed by atoms with E-state index in [-0.39, 0.29) is 10.7 Å². The van der Waals surface area contributed by atoms with Gasteiger partial charge in [0.25, 0.3) is 5.91 Å². The summed E-state index contributed by atoms with van der Waals surface area (Å²) >= 11 is 1.71. The van der Waals surface area contributed by atoms with E-state index in [4.69, 9.17) is 4.84 Å². The molecule has 3 nitrogen and oxygen atoms in total. The van der Waals surface area contributed by atoms with Crippen LogP contribution in [0.3, 0.4) is 0 Å². The molecule has 92 valence electrons. The maximum Gasteiger partial charge on any atom is 0.259 e. The van der Waals surface area contributed by atoms with E-state index in [0.29, 0.717) is 6.61 Å². The molecule has 0 aliphatic carbocycles. The van der Waals surface area contributed by atoms with Crippen molar-refractivity contribution < 1.29 is 9.63 Å². The summed E-state index contributed by atoms with van der Waals surface area (Å²) in [5, 5.41) is 0. The van der Waals surface area contributed by atoms with Crippen molar-refractivity contribution in [2.75, 3.05) is 5.75 Å². The lowest BCUT2D eigenvalue weighted by molar-refractivity contribution is -0.136. The molecule has 1 fully saturated rings. The van der Waals surface area contributed by atoms with Gasteiger partial charge in [0.05, 0.1) is 11.4 Å². The topological polar surface area (TPSA) is 38.3 Å². The number of amides is 1. The Morgan fingerprint density at radius 2 is 2.24 bits per heavy atom. The van der Waals surface area contributed by atoms with Crippen LogP contribution in [0.4, 0.5) is 0 Å². The standard InChI is InChI=1S/C13H17NO2S/c1-13(8-5-9-17-13)12(15)14-16-10-11-6-3-2-4-7-11/h2-4,6-7H,5,8-10H2,1H3,(H,14,15). The van der Waals surface area contributed by atoms with Crippen molar-refractivity contribution in [3.63, 3.8) is 0 Å². The Morgan fingerprint density at radius 1 is 1.47 bits per heavy atom. The van der Waals surface area contributed by atoms with Gasteiger partial charge < -0.3 is 0 Å². The van der Waals surface area contributed by atoms with Crippen LogP contribution in [0.2, 0.25) is 0 Å². The molecular weight excluding hydrogens is 234 g/mol. The monoisotopic (exact) mass is 251 g/mol. The smallest absolute Gasteiger partial charge is 0.259 e. The van der Waals surface area contributed by atoms with Crippen molar-refractivity contribution in [1.29, 1.82) is 0 Å². The molecule has 1 aromatic carbocycles. The minimum Gasteiger partial charge on any atom is -0.271 e. The first-order valence-electron chi connectivity index (χ1n) is 5.81. The third-order valence-electron chi connectivity index (χ3n) is 2.95. The summed E-state index contributed by atoms with van der Waals surface area (Å²) in [6.07, 6.45) is 2.03. The van der Waals surface area contributed by atoms with Gasteiger partial charge in [0.15, 0.2) is 0 Å². The molecule has 0 aromatic heterocycles. The Balaban J connectivity index is 1.77. The maximum absolute atomic E-state index is 11.9. The van der Waals surface area contributed by atoms with Crippen LogP contribution < -0.4 is 5.48 Å². The second-order valence-corrected chi connectivity index (χ2v) is 5.99. The molecular formula is C13H17NO2S. The zero-order valence-electron chi connectivity index (χ0n) is 9.94. The Hall–Kier alpha value is -1.00. The number of carbonyl (C=O) groups is 1. The van der Waals surface area contributed by atoms with Gasteiger partial charge in [0.2, 0.25) is 0 Å². The van der Waals surface area contributed by atoms with E-state index >= 15 is 0 Å². The molecule has 1 N–H and O–H groups in total. The fraction of sp³-hybridized carbons (Fsp3) is 0.462. The van der Waals surface area contributed by atoms with Crippen LogP contribution in [0.15, 0.2) is 30.3 Å². The third-order valence-corrected chi connectivity index (χ3v) is 4.47. The van der Waals surface area contributed by atoms with Crippen LogP contribution >= 0.6 is 11.8 Å². The molecule has 0 bridgehead atoms. The Morgan fingerprint density at radius 3 is 2.88 bits per heavy atom. The van der Waals surface area contributed by atoms with Crippen molar-refractivity contribution >= 4 is 17.7 Å². The molecule has 1 unspecified atom stereocenters. The molecule has 1 atom stereocenters. The number of rotatable bonds is 4. The first-order valence-corrected chi connectivity index (χ1v) is 6.79. The van der Waals surface area contributed by atoms with Gasteiger partial charge in [-0.25, -0.2) is 5.48 Å². The number of hydrogen-bond acceptors (Lipinski definition) is 3. The summed E-state index contributed by atoms with van der Waals surface area (Å²) in [6.45, 7) is 2.39. The molecule has 0 spiro atoms. The molecule has 1 amide bonds. The molecule has 0 radical (unpaired) electrons. The summed E-state index contributed by atoms with van der Waals surface area (Å²) in [7, 11) is 0. The highest BCUT2D eigenvalue weighted by Crippen LogP contribution is 2.37. The normalized spacial score (nSPS) is 23.6. The number of benzene rings is 1. The SMILES string of the molecule is CC1(C(=O)NOCc2ccccc2)CCCS1. The summed E-state index contributed by atoms with van der Waals surface area (Å²) < 4.78 is -0.309. The van der Waals surface area contributed by atoms with Gasteiger partial charge in [-0.15, -0.1) is 11.8 Å². The molecule has 1 aromatic rings. The fourth-order valence-corrected chi connectivity index (χ4v) is 3.03. The minimum atomic E-state index is -0.309. The number of thioether (sulfide) groups is 1. The highest BCUT2D eigenvalue weighted by atomic mass is 32.2. The van der Waals surface area contributed by atoms with Crippen molar-refractivity contribution in [1.82, 2.24) is 5.48 Å². The van der Waals surface area contributed by atoms with Gasteiger partial charge >= 0.3 is 0 Å². The molecule has 4 heteroatoms. The average Bonchev–Trinajstić information content (AvgIpc) is 2.79. The molecule has 1 saturated heterocycles. The molecule has 1 aliphatic heterocycles. The first kappa shape index (κ1) is 12.5. The number of nitrogens with one attached hydrogen (secondary N) is 1. The zero-order valence-corrected chi connectivity index (χ0v) is 10.8. The second-order valence-electron chi connectivity index (χ2n) is 4.39. The highest BCUT2D eigenvalue weighted by molar-refractivity contribution is 8.01. The lowest BCUT2D eigenvalue weighted by Crippen LogP contribution is -2.40. The summed E-state index contributed by atoms with van der Waals surface area (Å²) in [5.74, 6) is 1.04. The van der Waals surface area contributed by atoms with Crippen LogP contribution in [-0.4, -0.2) is 16.4 Å². The van der Waals surface area contributed by atoms with Gasteiger partial charge in [-0.05, 0) is 31.1 Å². The summed E-state index contributed by atoms with van der Waals surface area (Å²) in [4.78, 5) is 17.1. The van der Waals surface area contributed by atoms with E-state index in [1.807, 2.05) is 37.3 Å². The largest absolute Gasteiger partial charge is 0.271 e. The van der Waals surface area contributed by atoms with E-state index in [1.54, 1.807) is 11.8 Å². The van der Waals surface area contributed by atoms with Crippen LogP contribution in [0.1, 0.15) is 25.3 Å². The van der Waals surface area contributed by atoms with E-state index in [2.05, 4.69) is 5.48 Å². The zero-order chi connectivity index (χ0) is 12.1. The van der Waals surface area contributed by atoms with Gasteiger partial charge in [-0.3, -0.25) is 9.63 Å². The van der Waals surface area contributed by atoms with Crippen molar-refractivity contribution in [3.8, 4) is 0 Å². The Kier molecular flexibility index (Phi) is 4.07. The van der Waals surface area contributed by atoms with Crippen LogP contribution in [0.25, 0.3) is 0 Å². The molecule has 1 heterocycles. The summed E-state index contributed by atoms with van der Waals surface area (Å²) in [5.41, 5.74) is 3.61. The van der Waals surface area contributed by atoms with Crippen molar-refractivity contribution in [2.24, 2.45) is 0 Å². The van der Waals surface area contributed by atoms with Crippen LogP contribution in [0.5, 0.6) is 0 Å². The van der Waals surface area contributed by atoms with Gasteiger partial charge in [0, 0.05) is 0 Å². The minimum absolute atomic E-state index is 0.0177. The van der Waals surface area contributed by atoms with E-state index in [9.17, 15) is 4.79 Å². The third kappa shape index (κ3) is 3.23. The Labute approximate surface area is 106 Å². The Bertz CT molecular complexity index is 374. The summed E-state index contributed by atoms with van der Waals surface area (Å²) in [6, 6.07) is 9.80. The van der Waals surface area contributed by atoms with Crippen molar-refractivity contribution in [3.05, 3.63) is 35.9 Å². The van der Waals surface area contributed by atoms with E-state index in [0.717, 1.165) is 24.2 Å². The molecule has 2 rings (SSSR count). The average molecular weight is 251 g/mol. The number of hydroxylamine groups is 1. The van der Waals surface area contributed by atoms with Gasteiger partial charge in [-0.2, -0.15) is 0 Å². The van der Waals surface area contributed by atoms with Crippen molar-refractivity contribution in [2.45, 2.75) is 31.1 Å². The lowest BCUT2D eigenvalue weighted by Gasteiger charge is -2.20. The predicted molar refractivity (Wildman–Crippen MR) is 69.5 cm³/mol. The van der Waals surface area contributed by atoms with E-state index < -0.39 is 0 Å². The van der Waals surface area contributed by atoms with Crippen LogP contribution in [-0.2, 0) is 16.2 Å². The second kappa shape index (κ2) is 5.56. The quantitative estimate of drug-likeness (QED) is 0.836. The highest BCUT2D eigenvalue weighted by Gasteiger charge is 2.37. The maximum atomic E-state index is 11.9. The fourth-order valence-electron chi connectivity index (χ4n) is 1.83. The van der Waals surface area contributed by atoms with Gasteiger partial charge in [0.1, 0.15) is 0 Å². The number of carbonyl (C=O) groups excluding carboxylic acids is 1. The molecule has 17 heavy (non-hydrogen) atoms. The predicted octanol–water partition coefficient (Wildman–Crippen LogP) is 2.52. The lowest BCUT2D eigenvalue weighted by atomic mass is 10.1. The molecule has 0 saturated carbocycles. The number of hydrogen-bond donors (Lipinski definition) is 1. The van der Waals surface area contributed by atoms with Crippen LogP contribution in [0, 0.1) is 0 Å².